The first-order valence-corrected chi connectivity index (χ1v) is 17.0. The van der Waals surface area contributed by atoms with Crippen molar-refractivity contribution in [3.63, 3.8) is 0 Å². The van der Waals surface area contributed by atoms with Gasteiger partial charge < -0.3 is 4.43 Å². The Bertz CT molecular complexity index is 1040. The van der Waals surface area contributed by atoms with Gasteiger partial charge in [0, 0.05) is 5.39 Å². The first kappa shape index (κ1) is 28.7. The minimum absolute atomic E-state index is 0.0935. The first-order chi connectivity index (χ1) is 15.6. The van der Waals surface area contributed by atoms with Crippen molar-refractivity contribution < 1.29 is 30.8 Å². The number of fused-ring (bicyclic) bond motifs is 1. The van der Waals surface area contributed by atoms with Crippen LogP contribution in [-0.2, 0) is 0 Å². The van der Waals surface area contributed by atoms with Gasteiger partial charge in [-0.2, -0.15) is 4.39 Å². The molecule has 1 unspecified atom stereocenters. The van der Waals surface area contributed by atoms with Gasteiger partial charge in [-0.05, 0) is 22.7 Å². The van der Waals surface area contributed by atoms with E-state index >= 15 is 8.78 Å². The Morgan fingerprint density at radius 1 is 0.765 bits per heavy atom. The molecule has 0 amide bonds. The molecule has 192 valence electrons. The molecule has 2 aromatic rings. The fraction of sp³-hybridized carbons (Fsp3) is 0.600. The van der Waals surface area contributed by atoms with Crippen LogP contribution in [0.25, 0.3) is 10.8 Å². The Kier molecular flexibility index (Phi) is 8.66. The predicted octanol–water partition coefficient (Wildman–Crippen LogP) is 9.72. The maximum atomic E-state index is 15.5. The molecule has 0 N–H and O–H groups in total. The topological polar surface area (TPSA) is 9.23 Å². The van der Waals surface area contributed by atoms with Gasteiger partial charge in [0.1, 0.15) is 0 Å². The summed E-state index contributed by atoms with van der Waals surface area (Å²) in [6.07, 6.45) is 0. The quantitative estimate of drug-likeness (QED) is 0.138. The molecular weight excluding hydrogens is 486 g/mol. The number of hydrogen-bond donors (Lipinski definition) is 0. The maximum absolute atomic E-state index is 15.5. The Morgan fingerprint density at radius 3 is 1.71 bits per heavy atom. The van der Waals surface area contributed by atoms with Crippen LogP contribution in [0, 0.1) is 34.9 Å². The van der Waals surface area contributed by atoms with Crippen LogP contribution in [0.4, 0.5) is 26.3 Å². The lowest BCUT2D eigenvalue weighted by Gasteiger charge is -2.47. The molecule has 0 aliphatic carbocycles. The average molecular weight is 523 g/mol. The van der Waals surface area contributed by atoms with Gasteiger partial charge in [0.05, 0.1) is 13.5 Å². The molecule has 0 radical (unpaired) electrons. The van der Waals surface area contributed by atoms with Crippen LogP contribution in [0.3, 0.4) is 0 Å². The minimum atomic E-state index is -3.06. The third kappa shape index (κ3) is 4.79. The van der Waals surface area contributed by atoms with Crippen LogP contribution in [0.2, 0.25) is 40.8 Å². The lowest BCUT2D eigenvalue weighted by atomic mass is 10.1. The molecule has 1 atom stereocenters. The largest absolute Gasteiger partial charge is 0.539 e. The van der Waals surface area contributed by atoms with E-state index in [-0.39, 0.29) is 5.54 Å². The summed E-state index contributed by atoms with van der Waals surface area (Å²) in [6.45, 7) is 16.3. The SMILES string of the molecule is CC[Si](CC)(CC)CC[Si](Oc1c(F)c(F)c2c(F)c(F)c(F)cc2c1F)(C(C)C)C(C)(C)C. The van der Waals surface area contributed by atoms with Crippen molar-refractivity contribution in [1.82, 2.24) is 0 Å². The summed E-state index contributed by atoms with van der Waals surface area (Å²) in [6, 6.07) is 5.10. The zero-order valence-electron chi connectivity index (χ0n) is 21.4. The number of rotatable bonds is 9. The van der Waals surface area contributed by atoms with Crippen molar-refractivity contribution in [3.8, 4) is 5.75 Å². The van der Waals surface area contributed by atoms with Crippen LogP contribution in [0.1, 0.15) is 55.4 Å². The zero-order chi connectivity index (χ0) is 26.2. The van der Waals surface area contributed by atoms with Gasteiger partial charge in [-0.15, -0.1) is 0 Å². The van der Waals surface area contributed by atoms with Crippen LogP contribution >= 0.6 is 0 Å². The van der Waals surface area contributed by atoms with Gasteiger partial charge in [0.25, 0.3) is 8.32 Å². The second-order valence-electron chi connectivity index (χ2n) is 10.6. The first-order valence-electron chi connectivity index (χ1n) is 12.0. The van der Waals surface area contributed by atoms with Gasteiger partial charge >= 0.3 is 0 Å². The van der Waals surface area contributed by atoms with E-state index in [0.717, 1.165) is 24.2 Å². The highest BCUT2D eigenvalue weighted by Crippen LogP contribution is 2.50. The van der Waals surface area contributed by atoms with Crippen LogP contribution in [0.15, 0.2) is 6.07 Å². The van der Waals surface area contributed by atoms with Crippen LogP contribution in [-0.4, -0.2) is 16.4 Å². The van der Waals surface area contributed by atoms with E-state index in [2.05, 4.69) is 20.8 Å². The summed E-state index contributed by atoms with van der Waals surface area (Å²) in [5, 5.41) is -2.63. The third-order valence-electron chi connectivity index (χ3n) is 7.97. The summed E-state index contributed by atoms with van der Waals surface area (Å²) in [5.74, 6) is -11.5. The van der Waals surface area contributed by atoms with E-state index in [4.69, 9.17) is 4.43 Å². The summed E-state index contributed by atoms with van der Waals surface area (Å²) >= 11 is 0. The molecule has 0 spiro atoms. The summed E-state index contributed by atoms with van der Waals surface area (Å²) in [7, 11) is -4.68. The van der Waals surface area contributed by atoms with Crippen molar-refractivity contribution in [2.75, 3.05) is 0 Å². The molecule has 34 heavy (non-hydrogen) atoms. The summed E-state index contributed by atoms with van der Waals surface area (Å²) in [5.41, 5.74) is -0.0935. The van der Waals surface area contributed by atoms with E-state index in [1.165, 1.54) is 0 Å². The van der Waals surface area contributed by atoms with E-state index in [1.54, 1.807) is 0 Å². The molecule has 2 rings (SSSR count). The van der Waals surface area contributed by atoms with Crippen molar-refractivity contribution >= 4 is 27.2 Å². The van der Waals surface area contributed by atoms with Crippen LogP contribution < -0.4 is 4.43 Å². The van der Waals surface area contributed by atoms with Gasteiger partial charge in [0.15, 0.2) is 34.8 Å². The van der Waals surface area contributed by atoms with Crippen molar-refractivity contribution in [2.45, 2.75) is 96.2 Å². The molecule has 0 aliphatic heterocycles. The third-order valence-corrected chi connectivity index (χ3v) is 20.2. The molecule has 9 heteroatoms. The molecule has 1 nitrogen and oxygen atoms in total. The molecule has 0 heterocycles. The van der Waals surface area contributed by atoms with Gasteiger partial charge in [-0.25, -0.2) is 22.0 Å². The fourth-order valence-corrected chi connectivity index (χ4v) is 15.7. The Hall–Kier alpha value is -1.49. The summed E-state index contributed by atoms with van der Waals surface area (Å²) < 4.78 is 93.6. The predicted molar refractivity (Wildman–Crippen MR) is 132 cm³/mol. The maximum Gasteiger partial charge on any atom is 0.259 e. The van der Waals surface area contributed by atoms with Gasteiger partial charge in [-0.1, -0.05) is 79.6 Å². The molecule has 0 aliphatic rings. The molecule has 0 saturated carbocycles. The average Bonchev–Trinajstić information content (AvgIpc) is 2.77. The number of hydrogen-bond acceptors (Lipinski definition) is 1. The normalized spacial score (nSPS) is 14.7. The highest BCUT2D eigenvalue weighted by Gasteiger charge is 2.52. The zero-order valence-corrected chi connectivity index (χ0v) is 23.4. The van der Waals surface area contributed by atoms with E-state index in [0.29, 0.717) is 12.1 Å². The standard InChI is InChI=1S/C25H36F6OSi2/c1-9-33(10-2,11-3)12-13-34(15(4)5,25(6,7)8)32-24-19(27)16-14-17(26)20(28)21(29)18(16)22(30)23(24)31/h14-15H,9-13H2,1-8H3. The highest BCUT2D eigenvalue weighted by molar-refractivity contribution is 6.84. The molecular formula is C25H36F6OSi2. The van der Waals surface area contributed by atoms with E-state index in [1.807, 2.05) is 34.6 Å². The molecule has 0 saturated heterocycles. The molecule has 0 aromatic heterocycles. The van der Waals surface area contributed by atoms with Gasteiger partial charge in [0.2, 0.25) is 5.82 Å². The second-order valence-corrected chi connectivity index (χ2v) is 21.4. The van der Waals surface area contributed by atoms with Crippen molar-refractivity contribution in [1.29, 1.82) is 0 Å². The van der Waals surface area contributed by atoms with E-state index < -0.39 is 72.9 Å². The fourth-order valence-electron chi connectivity index (χ4n) is 5.27. The van der Waals surface area contributed by atoms with Crippen LogP contribution in [0.5, 0.6) is 5.75 Å². The molecule has 0 bridgehead atoms. The van der Waals surface area contributed by atoms with Crippen molar-refractivity contribution in [2.24, 2.45) is 0 Å². The smallest absolute Gasteiger partial charge is 0.259 e. The monoisotopic (exact) mass is 522 g/mol. The lowest BCUT2D eigenvalue weighted by Crippen LogP contribution is -2.54. The Labute approximate surface area is 201 Å². The molecule has 0 fully saturated rings. The molecule has 2 aromatic carbocycles. The highest BCUT2D eigenvalue weighted by atomic mass is 28.4. The number of halogens is 6. The minimum Gasteiger partial charge on any atom is -0.539 e. The number of benzene rings is 2. The lowest BCUT2D eigenvalue weighted by molar-refractivity contribution is 0.388. The van der Waals surface area contributed by atoms with Gasteiger partial charge in [-0.3, -0.25) is 0 Å². The van der Waals surface area contributed by atoms with E-state index in [9.17, 15) is 17.6 Å². The second kappa shape index (κ2) is 10.2. The Morgan fingerprint density at radius 2 is 1.26 bits per heavy atom. The van der Waals surface area contributed by atoms with Crippen molar-refractivity contribution in [3.05, 3.63) is 41.0 Å². The Balaban J connectivity index is 2.77. The summed E-state index contributed by atoms with van der Waals surface area (Å²) in [4.78, 5) is 0.